The summed E-state index contributed by atoms with van der Waals surface area (Å²) < 4.78 is 0. The van der Waals surface area contributed by atoms with Crippen LogP contribution in [0.4, 0.5) is 5.69 Å². The van der Waals surface area contributed by atoms with Crippen molar-refractivity contribution in [3.63, 3.8) is 0 Å². The summed E-state index contributed by atoms with van der Waals surface area (Å²) >= 11 is 0. The molecule has 1 aromatic carbocycles. The van der Waals surface area contributed by atoms with Crippen LogP contribution in [0.5, 0.6) is 0 Å². The molecule has 0 bridgehead atoms. The summed E-state index contributed by atoms with van der Waals surface area (Å²) in [5.74, 6) is 0. The first-order valence-corrected chi connectivity index (χ1v) is 6.84. The predicted molar refractivity (Wildman–Crippen MR) is 83.5 cm³/mol. The Labute approximate surface area is 116 Å². The molecular formula is C17H25NO. The molecule has 19 heavy (non-hydrogen) atoms. The van der Waals surface area contributed by atoms with E-state index in [0.717, 1.165) is 25.1 Å². The normalized spacial score (nSPS) is 12.6. The van der Waals surface area contributed by atoms with Crippen molar-refractivity contribution in [1.29, 1.82) is 0 Å². The van der Waals surface area contributed by atoms with E-state index >= 15 is 0 Å². The van der Waals surface area contributed by atoms with Gasteiger partial charge in [0.1, 0.15) is 0 Å². The van der Waals surface area contributed by atoms with Gasteiger partial charge in [-0.25, -0.2) is 0 Å². The molecule has 0 aromatic heterocycles. The van der Waals surface area contributed by atoms with E-state index < -0.39 is 0 Å². The first-order chi connectivity index (χ1) is 9.11. The molecule has 2 N–H and O–H groups in total. The Balaban J connectivity index is 2.32. The van der Waals surface area contributed by atoms with Crippen LogP contribution in [0.1, 0.15) is 32.3 Å². The average molecular weight is 259 g/mol. The van der Waals surface area contributed by atoms with E-state index in [1.165, 1.54) is 16.7 Å². The van der Waals surface area contributed by atoms with Gasteiger partial charge in [-0.2, -0.15) is 0 Å². The number of hydrogen-bond acceptors (Lipinski definition) is 2. The lowest BCUT2D eigenvalue weighted by Crippen LogP contribution is -2.02. The Bertz CT molecular complexity index is 429. The van der Waals surface area contributed by atoms with Gasteiger partial charge >= 0.3 is 0 Å². The minimum absolute atomic E-state index is 0.142. The van der Waals surface area contributed by atoms with Gasteiger partial charge in [-0.05, 0) is 45.7 Å². The van der Waals surface area contributed by atoms with Gasteiger partial charge in [0.05, 0.1) is 6.61 Å². The maximum Gasteiger partial charge on any atom is 0.0614 e. The van der Waals surface area contributed by atoms with Gasteiger partial charge in [0.2, 0.25) is 0 Å². The zero-order valence-corrected chi connectivity index (χ0v) is 12.2. The topological polar surface area (TPSA) is 32.3 Å². The summed E-state index contributed by atoms with van der Waals surface area (Å²) in [4.78, 5) is 0. The number of allylic oxidation sites excluding steroid dienone is 2. The molecule has 104 valence electrons. The molecule has 0 spiro atoms. The number of aryl methyl sites for hydroxylation is 1. The highest BCUT2D eigenvalue weighted by molar-refractivity contribution is 5.45. The Kier molecular flexibility index (Phi) is 6.98. The molecule has 0 atom stereocenters. The minimum atomic E-state index is 0.142. The molecule has 1 rings (SSSR count). The lowest BCUT2D eigenvalue weighted by atomic mass is 10.1. The van der Waals surface area contributed by atoms with E-state index in [-0.39, 0.29) is 6.61 Å². The molecule has 0 aliphatic carbocycles. The zero-order chi connectivity index (χ0) is 14.1. The monoisotopic (exact) mass is 259 g/mol. The largest absolute Gasteiger partial charge is 0.392 e. The predicted octanol–water partition coefficient (Wildman–Crippen LogP) is 4.07. The molecule has 0 unspecified atom stereocenters. The van der Waals surface area contributed by atoms with Gasteiger partial charge in [0, 0.05) is 12.2 Å². The summed E-state index contributed by atoms with van der Waals surface area (Å²) in [6.07, 6.45) is 6.18. The van der Waals surface area contributed by atoms with Crippen molar-refractivity contribution in [2.45, 2.75) is 33.6 Å². The summed E-state index contributed by atoms with van der Waals surface area (Å²) in [5, 5.41) is 12.2. The molecule has 1 aromatic rings. The molecular weight excluding hydrogens is 234 g/mol. The Hall–Kier alpha value is -1.54. The fraction of sp³-hybridized carbons (Fsp3) is 0.412. The van der Waals surface area contributed by atoms with Crippen LogP contribution >= 0.6 is 0 Å². The Morgan fingerprint density at radius 1 is 1.11 bits per heavy atom. The van der Waals surface area contributed by atoms with Gasteiger partial charge in [0.25, 0.3) is 0 Å². The second kappa shape index (κ2) is 8.54. The summed E-state index contributed by atoms with van der Waals surface area (Å²) in [7, 11) is 0. The highest BCUT2D eigenvalue weighted by atomic mass is 16.2. The van der Waals surface area contributed by atoms with Gasteiger partial charge in [-0.3, -0.25) is 0 Å². The highest BCUT2D eigenvalue weighted by Crippen LogP contribution is 2.10. The lowest BCUT2D eigenvalue weighted by molar-refractivity contribution is 0.341. The fourth-order valence-electron chi connectivity index (χ4n) is 1.79. The molecule has 0 saturated heterocycles. The third kappa shape index (κ3) is 6.82. The first kappa shape index (κ1) is 15.5. The van der Waals surface area contributed by atoms with E-state index in [0.29, 0.717) is 0 Å². The zero-order valence-electron chi connectivity index (χ0n) is 12.2. The molecule has 0 radical (unpaired) electrons. The Morgan fingerprint density at radius 2 is 1.79 bits per heavy atom. The quantitative estimate of drug-likeness (QED) is 0.723. The third-order valence-corrected chi connectivity index (χ3v) is 3.09. The number of anilines is 1. The standard InChI is InChI=1S/C17H25NO/c1-14(11-12-19)5-4-6-16(3)13-18-17-9-7-15(2)8-10-17/h6-11,18-19H,4-5,12-13H2,1-3H3/b14-11+,16-6+. The van der Waals surface area contributed by atoms with Crippen molar-refractivity contribution < 1.29 is 5.11 Å². The van der Waals surface area contributed by atoms with Crippen molar-refractivity contribution in [2.75, 3.05) is 18.5 Å². The van der Waals surface area contributed by atoms with Crippen LogP contribution < -0.4 is 5.32 Å². The maximum atomic E-state index is 8.77. The number of nitrogens with one attached hydrogen (secondary N) is 1. The summed E-state index contributed by atoms with van der Waals surface area (Å²) in [6, 6.07) is 8.45. The van der Waals surface area contributed by atoms with E-state index in [9.17, 15) is 0 Å². The van der Waals surface area contributed by atoms with Crippen molar-refractivity contribution in [3.05, 3.63) is 53.1 Å². The smallest absolute Gasteiger partial charge is 0.0614 e. The van der Waals surface area contributed by atoms with Crippen LogP contribution in [-0.4, -0.2) is 18.3 Å². The lowest BCUT2D eigenvalue weighted by Gasteiger charge is -2.07. The van der Waals surface area contributed by atoms with Gasteiger partial charge < -0.3 is 10.4 Å². The van der Waals surface area contributed by atoms with Crippen LogP contribution in [0.2, 0.25) is 0 Å². The van der Waals surface area contributed by atoms with E-state index in [1.807, 2.05) is 6.08 Å². The second-order valence-corrected chi connectivity index (χ2v) is 5.04. The van der Waals surface area contributed by atoms with E-state index in [4.69, 9.17) is 5.11 Å². The van der Waals surface area contributed by atoms with Crippen LogP contribution in [0.25, 0.3) is 0 Å². The second-order valence-electron chi connectivity index (χ2n) is 5.04. The van der Waals surface area contributed by atoms with Gasteiger partial charge in [0.15, 0.2) is 0 Å². The number of aliphatic hydroxyl groups excluding tert-OH is 1. The number of benzene rings is 1. The van der Waals surface area contributed by atoms with Crippen molar-refractivity contribution >= 4 is 5.69 Å². The molecule has 0 heterocycles. The molecule has 0 aliphatic heterocycles. The Morgan fingerprint density at radius 3 is 2.42 bits per heavy atom. The van der Waals surface area contributed by atoms with Gasteiger partial charge in [-0.15, -0.1) is 0 Å². The number of hydrogen-bond donors (Lipinski definition) is 2. The van der Waals surface area contributed by atoms with Crippen LogP contribution in [0.15, 0.2) is 47.6 Å². The average Bonchev–Trinajstić information content (AvgIpc) is 2.38. The molecule has 2 heteroatoms. The third-order valence-electron chi connectivity index (χ3n) is 3.09. The summed E-state index contributed by atoms with van der Waals surface area (Å²) in [5.41, 5.74) is 5.04. The molecule has 0 aliphatic rings. The molecule has 0 amide bonds. The van der Waals surface area contributed by atoms with Crippen LogP contribution in [0.3, 0.4) is 0 Å². The highest BCUT2D eigenvalue weighted by Gasteiger charge is 1.93. The molecule has 0 saturated carbocycles. The van der Waals surface area contributed by atoms with Crippen LogP contribution in [-0.2, 0) is 0 Å². The SMILES string of the molecule is C/C(=C\CO)CC/C=C(\C)CNc1ccc(C)cc1. The number of aliphatic hydroxyl groups is 1. The van der Waals surface area contributed by atoms with Crippen molar-refractivity contribution in [3.8, 4) is 0 Å². The molecule has 0 fully saturated rings. The maximum absolute atomic E-state index is 8.77. The van der Waals surface area contributed by atoms with Crippen molar-refractivity contribution in [2.24, 2.45) is 0 Å². The van der Waals surface area contributed by atoms with E-state index in [2.05, 4.69) is 56.4 Å². The van der Waals surface area contributed by atoms with Crippen LogP contribution in [0, 0.1) is 6.92 Å². The fourth-order valence-corrected chi connectivity index (χ4v) is 1.79. The summed E-state index contributed by atoms with van der Waals surface area (Å²) in [6.45, 7) is 7.32. The van der Waals surface area contributed by atoms with Crippen molar-refractivity contribution in [1.82, 2.24) is 0 Å². The number of rotatable bonds is 7. The van der Waals surface area contributed by atoms with E-state index in [1.54, 1.807) is 0 Å². The minimum Gasteiger partial charge on any atom is -0.392 e. The van der Waals surface area contributed by atoms with Gasteiger partial charge in [-0.1, -0.05) is 41.0 Å². The first-order valence-electron chi connectivity index (χ1n) is 6.84. The molecule has 2 nitrogen and oxygen atoms in total.